The van der Waals surface area contributed by atoms with E-state index in [4.69, 9.17) is 0 Å². The van der Waals surface area contributed by atoms with Crippen LogP contribution in [0.25, 0.3) is 0 Å². The fourth-order valence-electron chi connectivity index (χ4n) is 1.44. The molecule has 106 valence electrons. The molecule has 0 radical (unpaired) electrons. The molecule has 2 aromatic rings. The molecule has 21 heavy (non-hydrogen) atoms. The lowest BCUT2D eigenvalue weighted by atomic mass is 10.2. The van der Waals surface area contributed by atoms with Gasteiger partial charge in [-0.05, 0) is 18.2 Å². The average molecular weight is 283 g/mol. The van der Waals surface area contributed by atoms with Crippen LogP contribution >= 0.6 is 0 Å². The maximum absolute atomic E-state index is 11.7. The fraction of sp³-hybridized carbons (Fsp3) is 0.0714. The smallest absolute Gasteiger partial charge is 0.259 e. The lowest BCUT2D eigenvalue weighted by molar-refractivity contribution is -0.120. The van der Waals surface area contributed by atoms with Crippen molar-refractivity contribution in [3.63, 3.8) is 0 Å². The topological polar surface area (TPSA) is 96.3 Å². The van der Waals surface area contributed by atoms with E-state index in [0.717, 1.165) is 5.56 Å². The summed E-state index contributed by atoms with van der Waals surface area (Å²) >= 11 is 0. The van der Waals surface area contributed by atoms with Crippen molar-refractivity contribution >= 4 is 18.0 Å². The van der Waals surface area contributed by atoms with Crippen molar-refractivity contribution in [1.82, 2.24) is 20.7 Å². The predicted octanol–water partition coefficient (Wildman–Crippen LogP) is 0.357. The molecule has 0 bridgehead atoms. The van der Waals surface area contributed by atoms with E-state index in [2.05, 4.69) is 25.8 Å². The molecule has 2 N–H and O–H groups in total. The van der Waals surface area contributed by atoms with Crippen LogP contribution in [0.5, 0.6) is 0 Å². The Kier molecular flexibility index (Phi) is 5.11. The first-order valence-electron chi connectivity index (χ1n) is 6.16. The number of carbonyl (C=O) groups excluding carboxylic acids is 2. The Balaban J connectivity index is 1.75. The van der Waals surface area contributed by atoms with E-state index in [9.17, 15) is 9.59 Å². The van der Waals surface area contributed by atoms with Gasteiger partial charge < -0.3 is 5.32 Å². The van der Waals surface area contributed by atoms with Gasteiger partial charge in [0.25, 0.3) is 11.8 Å². The number of pyridine rings is 2. The summed E-state index contributed by atoms with van der Waals surface area (Å²) in [6.07, 6.45) is 7.74. The zero-order valence-electron chi connectivity index (χ0n) is 11.1. The average Bonchev–Trinajstić information content (AvgIpc) is 2.54. The second-order valence-electron chi connectivity index (χ2n) is 4.00. The highest BCUT2D eigenvalue weighted by molar-refractivity contribution is 5.96. The molecule has 0 atom stereocenters. The number of nitrogens with one attached hydrogen (secondary N) is 2. The lowest BCUT2D eigenvalue weighted by Crippen LogP contribution is -2.34. The Morgan fingerprint density at radius 3 is 2.67 bits per heavy atom. The van der Waals surface area contributed by atoms with Crippen LogP contribution in [0.1, 0.15) is 15.9 Å². The normalized spacial score (nSPS) is 10.3. The number of hydrazone groups is 1. The van der Waals surface area contributed by atoms with Crippen LogP contribution in [-0.2, 0) is 4.79 Å². The number of rotatable bonds is 5. The van der Waals surface area contributed by atoms with Crippen LogP contribution in [0.4, 0.5) is 0 Å². The van der Waals surface area contributed by atoms with Crippen molar-refractivity contribution < 1.29 is 9.59 Å². The summed E-state index contributed by atoms with van der Waals surface area (Å²) in [4.78, 5) is 30.9. The Morgan fingerprint density at radius 1 is 1.14 bits per heavy atom. The molecule has 0 aromatic carbocycles. The van der Waals surface area contributed by atoms with Gasteiger partial charge in [0.2, 0.25) is 0 Å². The third-order valence-electron chi connectivity index (χ3n) is 2.44. The second-order valence-corrected chi connectivity index (χ2v) is 4.00. The SMILES string of the molecule is O=C(CNC(=O)c1ccncc1)N/N=C/c1cccnc1. The van der Waals surface area contributed by atoms with Crippen LogP contribution < -0.4 is 10.7 Å². The second kappa shape index (κ2) is 7.49. The molecule has 2 aromatic heterocycles. The number of carbonyl (C=O) groups is 2. The minimum absolute atomic E-state index is 0.161. The molecule has 0 unspecified atom stereocenters. The van der Waals surface area contributed by atoms with Gasteiger partial charge in [-0.1, -0.05) is 6.07 Å². The highest BCUT2D eigenvalue weighted by atomic mass is 16.2. The Morgan fingerprint density at radius 2 is 1.95 bits per heavy atom. The molecule has 0 aliphatic rings. The molecule has 2 amide bonds. The summed E-state index contributed by atoms with van der Waals surface area (Å²) in [5, 5.41) is 6.25. The van der Waals surface area contributed by atoms with Gasteiger partial charge in [-0.15, -0.1) is 0 Å². The van der Waals surface area contributed by atoms with E-state index in [1.165, 1.54) is 18.6 Å². The van der Waals surface area contributed by atoms with Crippen LogP contribution in [0.2, 0.25) is 0 Å². The molecule has 7 heteroatoms. The van der Waals surface area contributed by atoms with Crippen molar-refractivity contribution in [3.8, 4) is 0 Å². The molecule has 2 rings (SSSR count). The van der Waals surface area contributed by atoms with Gasteiger partial charge in [0.05, 0.1) is 12.8 Å². The number of hydrogen-bond acceptors (Lipinski definition) is 5. The molecule has 0 saturated carbocycles. The Labute approximate surface area is 121 Å². The molecule has 7 nitrogen and oxygen atoms in total. The number of nitrogens with zero attached hydrogens (tertiary/aromatic N) is 3. The van der Waals surface area contributed by atoms with E-state index in [0.29, 0.717) is 5.56 Å². The Bertz CT molecular complexity index is 628. The molecule has 0 spiro atoms. The van der Waals surface area contributed by atoms with Crippen LogP contribution in [0, 0.1) is 0 Å². The molecule has 0 aliphatic heterocycles. The van der Waals surface area contributed by atoms with Crippen molar-refractivity contribution in [2.24, 2.45) is 5.10 Å². The number of aromatic nitrogens is 2. The van der Waals surface area contributed by atoms with Gasteiger partial charge in [-0.2, -0.15) is 5.10 Å². The fourth-order valence-corrected chi connectivity index (χ4v) is 1.44. The van der Waals surface area contributed by atoms with Gasteiger partial charge in [-0.3, -0.25) is 19.6 Å². The predicted molar refractivity (Wildman–Crippen MR) is 76.5 cm³/mol. The Hall–Kier alpha value is -3.09. The van der Waals surface area contributed by atoms with Crippen LogP contribution in [0.15, 0.2) is 54.2 Å². The summed E-state index contributed by atoms with van der Waals surface area (Å²) in [7, 11) is 0. The molecular formula is C14H13N5O2. The maximum atomic E-state index is 11.7. The minimum Gasteiger partial charge on any atom is -0.343 e. The van der Waals surface area contributed by atoms with Gasteiger partial charge in [0.1, 0.15) is 0 Å². The zero-order valence-corrected chi connectivity index (χ0v) is 11.1. The van der Waals surface area contributed by atoms with E-state index >= 15 is 0 Å². The number of hydrogen-bond donors (Lipinski definition) is 2. The standard InChI is InChI=1S/C14H13N5O2/c20-13(19-18-9-11-2-1-5-16-8-11)10-17-14(21)12-3-6-15-7-4-12/h1-9H,10H2,(H,17,21)(H,19,20)/b18-9+. The van der Waals surface area contributed by atoms with E-state index in [-0.39, 0.29) is 12.5 Å². The van der Waals surface area contributed by atoms with Crippen molar-refractivity contribution in [1.29, 1.82) is 0 Å². The monoisotopic (exact) mass is 283 g/mol. The van der Waals surface area contributed by atoms with Crippen molar-refractivity contribution in [2.75, 3.05) is 6.54 Å². The summed E-state index contributed by atoms with van der Waals surface area (Å²) in [6, 6.07) is 6.69. The van der Waals surface area contributed by atoms with E-state index in [1.807, 2.05) is 0 Å². The third-order valence-corrected chi connectivity index (χ3v) is 2.44. The van der Waals surface area contributed by atoms with Gasteiger partial charge >= 0.3 is 0 Å². The quantitative estimate of drug-likeness (QED) is 0.611. The van der Waals surface area contributed by atoms with Gasteiger partial charge in [0, 0.05) is 35.9 Å². The van der Waals surface area contributed by atoms with Gasteiger partial charge in [-0.25, -0.2) is 5.43 Å². The van der Waals surface area contributed by atoms with Crippen LogP contribution in [0.3, 0.4) is 0 Å². The maximum Gasteiger partial charge on any atom is 0.259 e. The van der Waals surface area contributed by atoms with Crippen molar-refractivity contribution in [3.05, 3.63) is 60.2 Å². The molecule has 2 heterocycles. The first-order valence-corrected chi connectivity index (χ1v) is 6.16. The summed E-state index contributed by atoms with van der Waals surface area (Å²) in [5.41, 5.74) is 3.52. The highest BCUT2D eigenvalue weighted by Gasteiger charge is 2.06. The van der Waals surface area contributed by atoms with Crippen molar-refractivity contribution in [2.45, 2.75) is 0 Å². The summed E-state index contributed by atoms with van der Waals surface area (Å²) in [6.45, 7) is -0.161. The van der Waals surface area contributed by atoms with E-state index in [1.54, 1.807) is 36.7 Å². The molecular weight excluding hydrogens is 270 g/mol. The molecule has 0 fully saturated rings. The number of amides is 2. The first-order chi connectivity index (χ1) is 10.3. The third kappa shape index (κ3) is 4.83. The summed E-state index contributed by atoms with van der Waals surface area (Å²) in [5.74, 6) is -0.763. The molecule has 0 aliphatic carbocycles. The lowest BCUT2D eigenvalue weighted by Gasteiger charge is -2.03. The highest BCUT2D eigenvalue weighted by Crippen LogP contribution is 1.94. The zero-order chi connectivity index (χ0) is 14.9. The minimum atomic E-state index is -0.419. The largest absolute Gasteiger partial charge is 0.343 e. The first kappa shape index (κ1) is 14.3. The van der Waals surface area contributed by atoms with Crippen LogP contribution in [-0.4, -0.2) is 34.5 Å². The van der Waals surface area contributed by atoms with Gasteiger partial charge in [0.15, 0.2) is 0 Å². The van der Waals surface area contributed by atoms with E-state index < -0.39 is 5.91 Å². The summed E-state index contributed by atoms with van der Waals surface area (Å²) < 4.78 is 0. The molecule has 0 saturated heterocycles.